The number of nitrogens with two attached hydrogens (primary N) is 1. The van der Waals surface area contributed by atoms with Gasteiger partial charge in [0.15, 0.2) is 0 Å². The summed E-state index contributed by atoms with van der Waals surface area (Å²) in [6, 6.07) is 0.0843. The van der Waals surface area contributed by atoms with Crippen LogP contribution >= 0.6 is 0 Å². The molecule has 1 atom stereocenters. The van der Waals surface area contributed by atoms with Crippen LogP contribution in [-0.4, -0.2) is 16.3 Å². The van der Waals surface area contributed by atoms with Crippen LogP contribution in [0.4, 0.5) is 0 Å². The van der Waals surface area contributed by atoms with Crippen molar-refractivity contribution >= 4 is 0 Å². The van der Waals surface area contributed by atoms with Gasteiger partial charge in [-0.05, 0) is 13.8 Å². The number of nitrogens with zero attached hydrogens (tertiary/aromatic N) is 1. The van der Waals surface area contributed by atoms with Crippen LogP contribution in [0.5, 0.6) is 0 Å². The Morgan fingerprint density at radius 1 is 1.57 bits per heavy atom. The first-order valence-corrected chi connectivity index (χ1v) is 4.91. The Kier molecular flexibility index (Phi) is 2.20. The highest BCUT2D eigenvalue weighted by molar-refractivity contribution is 5.25. The number of aromatic nitrogens is 2. The maximum Gasteiger partial charge on any atom is 0.269 e. The average molecular weight is 196 g/mol. The molecule has 0 spiro atoms. The number of hydrogen-bond donors (Lipinski definition) is 3. The van der Waals surface area contributed by atoms with Gasteiger partial charge in [-0.1, -0.05) is 0 Å². The second kappa shape index (κ2) is 3.25. The molecule has 0 bridgehead atoms. The van der Waals surface area contributed by atoms with Crippen LogP contribution in [0.1, 0.15) is 37.2 Å². The molecule has 0 unspecified atom stereocenters. The Balaban J connectivity index is 2.58. The Morgan fingerprint density at radius 2 is 2.29 bits per heavy atom. The van der Waals surface area contributed by atoms with E-state index < -0.39 is 0 Å². The van der Waals surface area contributed by atoms with Crippen LogP contribution < -0.4 is 16.6 Å². The minimum Gasteiger partial charge on any atom is -0.323 e. The fourth-order valence-corrected chi connectivity index (χ4v) is 1.95. The van der Waals surface area contributed by atoms with Crippen molar-refractivity contribution in [1.29, 1.82) is 0 Å². The van der Waals surface area contributed by atoms with E-state index in [1.54, 1.807) is 0 Å². The molecule has 1 aliphatic heterocycles. The molecule has 4 N–H and O–H groups in total. The molecule has 2 heterocycles. The minimum atomic E-state index is -0.178. The predicted molar refractivity (Wildman–Crippen MR) is 54.1 cm³/mol. The Hall–Kier alpha value is -1.07. The zero-order valence-corrected chi connectivity index (χ0v) is 8.50. The largest absolute Gasteiger partial charge is 0.323 e. The topological polar surface area (TPSA) is 75.8 Å². The summed E-state index contributed by atoms with van der Waals surface area (Å²) in [5.41, 5.74) is 7.58. The van der Waals surface area contributed by atoms with E-state index in [4.69, 9.17) is 5.73 Å². The van der Waals surface area contributed by atoms with Gasteiger partial charge in [0.25, 0.3) is 5.56 Å². The SMILES string of the molecule is CC(C)n1[nH]c(=O)c2c1CNC[C@@H]2N. The molecule has 0 aliphatic carbocycles. The Bertz CT molecular complexity index is 390. The summed E-state index contributed by atoms with van der Waals surface area (Å²) < 4.78 is 1.89. The van der Waals surface area contributed by atoms with Gasteiger partial charge in [0.05, 0.1) is 11.3 Å². The van der Waals surface area contributed by atoms with E-state index in [9.17, 15) is 4.79 Å². The van der Waals surface area contributed by atoms with Gasteiger partial charge in [0.1, 0.15) is 0 Å². The van der Waals surface area contributed by atoms with Gasteiger partial charge in [0.2, 0.25) is 0 Å². The highest BCUT2D eigenvalue weighted by atomic mass is 16.1. The second-order valence-corrected chi connectivity index (χ2v) is 4.00. The van der Waals surface area contributed by atoms with Gasteiger partial charge in [-0.2, -0.15) is 0 Å². The molecular weight excluding hydrogens is 180 g/mol. The van der Waals surface area contributed by atoms with Crippen molar-refractivity contribution in [3.8, 4) is 0 Å². The fraction of sp³-hybridized carbons (Fsp3) is 0.667. The standard InChI is InChI=1S/C9H16N4O/c1-5(2)13-7-4-11-3-6(10)8(7)9(14)12-13/h5-6,11H,3-4,10H2,1-2H3,(H,12,14)/t6-/m0/s1. The van der Waals surface area contributed by atoms with Crippen molar-refractivity contribution in [1.82, 2.24) is 15.1 Å². The number of hydrogen-bond acceptors (Lipinski definition) is 3. The highest BCUT2D eigenvalue weighted by Crippen LogP contribution is 2.18. The molecule has 0 aromatic carbocycles. The smallest absolute Gasteiger partial charge is 0.269 e. The van der Waals surface area contributed by atoms with Gasteiger partial charge in [-0.3, -0.25) is 14.6 Å². The van der Waals surface area contributed by atoms with E-state index in [2.05, 4.69) is 10.4 Å². The third kappa shape index (κ3) is 1.29. The molecule has 5 heteroatoms. The van der Waals surface area contributed by atoms with Gasteiger partial charge in [-0.25, -0.2) is 0 Å². The number of fused-ring (bicyclic) bond motifs is 1. The van der Waals surface area contributed by atoms with Crippen LogP contribution in [0.2, 0.25) is 0 Å². The van der Waals surface area contributed by atoms with E-state index in [1.807, 2.05) is 18.5 Å². The molecule has 0 saturated carbocycles. The third-order valence-electron chi connectivity index (χ3n) is 2.61. The summed E-state index contributed by atoms with van der Waals surface area (Å²) in [6.45, 7) is 5.48. The highest BCUT2D eigenvalue weighted by Gasteiger charge is 2.24. The molecule has 1 aromatic rings. The summed E-state index contributed by atoms with van der Waals surface area (Å²) in [5.74, 6) is 0. The van der Waals surface area contributed by atoms with Crippen LogP contribution in [0.15, 0.2) is 4.79 Å². The van der Waals surface area contributed by atoms with E-state index in [-0.39, 0.29) is 17.6 Å². The van der Waals surface area contributed by atoms with Crippen molar-refractivity contribution in [2.45, 2.75) is 32.5 Å². The van der Waals surface area contributed by atoms with E-state index in [1.165, 1.54) is 0 Å². The van der Waals surface area contributed by atoms with E-state index >= 15 is 0 Å². The molecule has 5 nitrogen and oxygen atoms in total. The molecule has 1 aliphatic rings. The second-order valence-electron chi connectivity index (χ2n) is 4.00. The monoisotopic (exact) mass is 196 g/mol. The maximum atomic E-state index is 11.6. The lowest BCUT2D eigenvalue weighted by molar-refractivity contribution is 0.469. The number of aromatic amines is 1. The van der Waals surface area contributed by atoms with Gasteiger partial charge < -0.3 is 11.1 Å². The Morgan fingerprint density at radius 3 is 2.93 bits per heavy atom. The van der Waals surface area contributed by atoms with Gasteiger partial charge in [0, 0.05) is 25.2 Å². The first kappa shape index (κ1) is 9.48. The van der Waals surface area contributed by atoms with Gasteiger partial charge >= 0.3 is 0 Å². The van der Waals surface area contributed by atoms with Crippen molar-refractivity contribution in [2.24, 2.45) is 5.73 Å². The molecule has 78 valence electrons. The van der Waals surface area contributed by atoms with E-state index in [0.29, 0.717) is 6.54 Å². The summed E-state index contributed by atoms with van der Waals surface area (Å²) in [7, 11) is 0. The lowest BCUT2D eigenvalue weighted by Crippen LogP contribution is -2.35. The van der Waals surface area contributed by atoms with Crippen LogP contribution in [0.3, 0.4) is 0 Å². The third-order valence-corrected chi connectivity index (χ3v) is 2.61. The number of H-pyrrole nitrogens is 1. The van der Waals surface area contributed by atoms with Crippen molar-refractivity contribution in [3.63, 3.8) is 0 Å². The maximum absolute atomic E-state index is 11.6. The molecule has 0 radical (unpaired) electrons. The zero-order valence-electron chi connectivity index (χ0n) is 8.50. The molecular formula is C9H16N4O. The van der Waals surface area contributed by atoms with Gasteiger partial charge in [-0.15, -0.1) is 0 Å². The molecule has 0 saturated heterocycles. The summed E-state index contributed by atoms with van der Waals surface area (Å²) in [4.78, 5) is 11.6. The van der Waals surface area contributed by atoms with Crippen molar-refractivity contribution in [2.75, 3.05) is 6.54 Å². The van der Waals surface area contributed by atoms with E-state index in [0.717, 1.165) is 17.8 Å². The van der Waals surface area contributed by atoms with Crippen molar-refractivity contribution < 1.29 is 0 Å². The first-order valence-electron chi connectivity index (χ1n) is 4.91. The minimum absolute atomic E-state index is 0.0392. The average Bonchev–Trinajstić information content (AvgIpc) is 2.45. The molecule has 14 heavy (non-hydrogen) atoms. The fourth-order valence-electron chi connectivity index (χ4n) is 1.95. The summed E-state index contributed by atoms with van der Waals surface area (Å²) >= 11 is 0. The van der Waals surface area contributed by atoms with Crippen molar-refractivity contribution in [3.05, 3.63) is 21.6 Å². The number of rotatable bonds is 1. The summed E-state index contributed by atoms with van der Waals surface area (Å²) in [6.07, 6.45) is 0. The molecule has 1 aromatic heterocycles. The molecule has 0 fully saturated rings. The lowest BCUT2D eigenvalue weighted by Gasteiger charge is -2.21. The van der Waals surface area contributed by atoms with Crippen LogP contribution in [0.25, 0.3) is 0 Å². The first-order chi connectivity index (χ1) is 6.61. The summed E-state index contributed by atoms with van der Waals surface area (Å²) in [5, 5.41) is 6.02. The van der Waals surface area contributed by atoms with Crippen LogP contribution in [-0.2, 0) is 6.54 Å². The zero-order chi connectivity index (χ0) is 10.3. The normalized spacial score (nSPS) is 21.3. The molecule has 2 rings (SSSR count). The molecule has 0 amide bonds. The lowest BCUT2D eigenvalue weighted by atomic mass is 10.0. The number of nitrogens with one attached hydrogen (secondary N) is 2. The Labute approximate surface area is 82.3 Å². The quantitative estimate of drug-likeness (QED) is 0.585. The van der Waals surface area contributed by atoms with Crippen LogP contribution in [0, 0.1) is 0 Å². The predicted octanol–water partition coefficient (Wildman–Crippen LogP) is -0.140.